The van der Waals surface area contributed by atoms with Gasteiger partial charge in [0.15, 0.2) is 0 Å². The third-order valence-electron chi connectivity index (χ3n) is 5.47. The number of carbonyl (C=O) groups is 1. The van der Waals surface area contributed by atoms with E-state index in [9.17, 15) is 9.18 Å². The van der Waals surface area contributed by atoms with E-state index < -0.39 is 0 Å². The molecule has 0 aliphatic carbocycles. The summed E-state index contributed by atoms with van der Waals surface area (Å²) in [5.41, 5.74) is 2.36. The van der Waals surface area contributed by atoms with Crippen molar-refractivity contribution in [1.82, 2.24) is 9.88 Å². The van der Waals surface area contributed by atoms with Gasteiger partial charge in [0.2, 0.25) is 0 Å². The Hall–Kier alpha value is -2.31. The van der Waals surface area contributed by atoms with Crippen LogP contribution in [0.4, 0.5) is 10.1 Å². The summed E-state index contributed by atoms with van der Waals surface area (Å²) in [6.45, 7) is 5.14. The molecule has 142 valence electrons. The molecule has 1 aromatic heterocycles. The Labute approximate surface area is 158 Å². The van der Waals surface area contributed by atoms with E-state index in [-0.39, 0.29) is 23.9 Å². The van der Waals surface area contributed by atoms with Gasteiger partial charge in [-0.2, -0.15) is 0 Å². The second-order valence-corrected chi connectivity index (χ2v) is 7.48. The summed E-state index contributed by atoms with van der Waals surface area (Å²) in [5, 5.41) is 0. The van der Waals surface area contributed by atoms with Crippen molar-refractivity contribution < 1.29 is 13.9 Å². The van der Waals surface area contributed by atoms with Crippen molar-refractivity contribution in [2.45, 2.75) is 31.9 Å². The Balaban J connectivity index is 1.42. The number of rotatable bonds is 3. The number of morpholine rings is 1. The average molecular weight is 369 g/mol. The molecule has 6 heteroatoms. The zero-order chi connectivity index (χ0) is 18.9. The number of pyridine rings is 1. The summed E-state index contributed by atoms with van der Waals surface area (Å²) in [4.78, 5) is 21.0. The number of amides is 1. The summed E-state index contributed by atoms with van der Waals surface area (Å²) in [5.74, 6) is -0.445. The highest BCUT2D eigenvalue weighted by Gasteiger charge is 2.42. The van der Waals surface area contributed by atoms with E-state index in [4.69, 9.17) is 4.74 Å². The molecule has 0 atom stereocenters. The number of benzene rings is 1. The third kappa shape index (κ3) is 4.01. The molecule has 2 aromatic rings. The van der Waals surface area contributed by atoms with E-state index in [0.29, 0.717) is 12.2 Å². The van der Waals surface area contributed by atoms with E-state index in [1.54, 1.807) is 17.0 Å². The van der Waals surface area contributed by atoms with Gasteiger partial charge in [-0.25, -0.2) is 4.39 Å². The van der Waals surface area contributed by atoms with E-state index in [1.807, 2.05) is 19.1 Å². The highest BCUT2D eigenvalue weighted by atomic mass is 19.1. The van der Waals surface area contributed by atoms with Crippen molar-refractivity contribution in [3.63, 3.8) is 0 Å². The van der Waals surface area contributed by atoms with E-state index in [1.165, 1.54) is 12.1 Å². The first kappa shape index (κ1) is 18.1. The lowest BCUT2D eigenvalue weighted by atomic mass is 9.89. The average Bonchev–Trinajstić information content (AvgIpc) is 2.66. The highest BCUT2D eigenvalue weighted by Crippen LogP contribution is 2.33. The molecule has 0 radical (unpaired) electrons. The molecule has 2 fully saturated rings. The number of hydrogen-bond donors (Lipinski definition) is 0. The number of carbonyl (C=O) groups excluding carboxylic acids is 1. The minimum atomic E-state index is -0.350. The number of aryl methyl sites for hydroxylation is 1. The predicted octanol–water partition coefficient (Wildman–Crippen LogP) is 2.93. The fourth-order valence-electron chi connectivity index (χ4n) is 3.93. The Morgan fingerprint density at radius 1 is 1.19 bits per heavy atom. The van der Waals surface area contributed by atoms with Crippen LogP contribution < -0.4 is 4.90 Å². The molecule has 1 aromatic carbocycles. The monoisotopic (exact) mass is 369 g/mol. The lowest BCUT2D eigenvalue weighted by Gasteiger charge is -2.47. The van der Waals surface area contributed by atoms with Gasteiger partial charge >= 0.3 is 0 Å². The zero-order valence-corrected chi connectivity index (χ0v) is 15.5. The summed E-state index contributed by atoms with van der Waals surface area (Å²) < 4.78 is 19.6. The van der Waals surface area contributed by atoms with Gasteiger partial charge in [0.25, 0.3) is 5.91 Å². The number of piperidine rings is 1. The largest absolute Gasteiger partial charge is 0.363 e. The molecule has 4 rings (SSSR count). The Bertz CT molecular complexity index is 834. The Morgan fingerprint density at radius 3 is 2.70 bits per heavy atom. The van der Waals surface area contributed by atoms with Crippen LogP contribution in [0, 0.1) is 12.7 Å². The van der Waals surface area contributed by atoms with Gasteiger partial charge in [0.05, 0.1) is 17.8 Å². The molecule has 2 aliphatic heterocycles. The van der Waals surface area contributed by atoms with Crippen molar-refractivity contribution in [2.24, 2.45) is 0 Å². The van der Waals surface area contributed by atoms with E-state index in [2.05, 4.69) is 16.0 Å². The van der Waals surface area contributed by atoms with Crippen LogP contribution in [0.3, 0.4) is 0 Å². The number of halogens is 1. The smallest absolute Gasteiger partial charge is 0.253 e. The quantitative estimate of drug-likeness (QED) is 0.835. The summed E-state index contributed by atoms with van der Waals surface area (Å²) in [6.07, 6.45) is 1.69. The molecule has 5 nitrogen and oxygen atoms in total. The molecular formula is C21H24FN3O2. The van der Waals surface area contributed by atoms with Gasteiger partial charge in [0, 0.05) is 31.0 Å². The van der Waals surface area contributed by atoms with Crippen LogP contribution in [0.1, 0.15) is 24.2 Å². The molecular weight excluding hydrogens is 345 g/mol. The molecule has 0 saturated carbocycles. The second kappa shape index (κ2) is 7.37. The van der Waals surface area contributed by atoms with Gasteiger partial charge in [-0.15, -0.1) is 0 Å². The van der Waals surface area contributed by atoms with Crippen LogP contribution in [-0.2, 0) is 16.1 Å². The molecule has 0 unspecified atom stereocenters. The van der Waals surface area contributed by atoms with Gasteiger partial charge in [-0.05, 0) is 50.1 Å². The number of likely N-dealkylation sites (tertiary alicyclic amines) is 1. The van der Waals surface area contributed by atoms with Crippen molar-refractivity contribution in [3.8, 4) is 0 Å². The van der Waals surface area contributed by atoms with Crippen molar-refractivity contribution in [3.05, 3.63) is 59.7 Å². The third-order valence-corrected chi connectivity index (χ3v) is 5.47. The van der Waals surface area contributed by atoms with Crippen LogP contribution in [-0.4, -0.2) is 47.6 Å². The van der Waals surface area contributed by atoms with Gasteiger partial charge in [-0.1, -0.05) is 12.1 Å². The fourth-order valence-corrected chi connectivity index (χ4v) is 3.93. The maximum atomic E-state index is 13.6. The lowest BCUT2D eigenvalue weighted by molar-refractivity contribution is -0.145. The number of aromatic nitrogens is 1. The highest BCUT2D eigenvalue weighted by molar-refractivity contribution is 5.95. The first-order chi connectivity index (χ1) is 13.0. The van der Waals surface area contributed by atoms with Gasteiger partial charge < -0.3 is 9.64 Å². The predicted molar refractivity (Wildman–Crippen MR) is 101 cm³/mol. The van der Waals surface area contributed by atoms with Crippen LogP contribution in [0.5, 0.6) is 0 Å². The molecule has 0 bridgehead atoms. The summed E-state index contributed by atoms with van der Waals surface area (Å²) >= 11 is 0. The first-order valence-electron chi connectivity index (χ1n) is 9.38. The molecule has 3 heterocycles. The SMILES string of the molecule is Cc1cccc(CN2CCC3(CC2)CN(c2cccc(F)c2)C(=O)CO3)n1. The zero-order valence-electron chi connectivity index (χ0n) is 15.5. The van der Waals surface area contributed by atoms with Crippen LogP contribution in [0.2, 0.25) is 0 Å². The van der Waals surface area contributed by atoms with E-state index >= 15 is 0 Å². The van der Waals surface area contributed by atoms with Gasteiger partial charge in [-0.3, -0.25) is 14.7 Å². The Morgan fingerprint density at radius 2 is 1.96 bits per heavy atom. The number of hydrogen-bond acceptors (Lipinski definition) is 4. The maximum absolute atomic E-state index is 13.6. The summed E-state index contributed by atoms with van der Waals surface area (Å²) in [7, 11) is 0. The summed E-state index contributed by atoms with van der Waals surface area (Å²) in [6, 6.07) is 12.3. The molecule has 0 N–H and O–H groups in total. The van der Waals surface area contributed by atoms with Crippen molar-refractivity contribution in [2.75, 3.05) is 31.1 Å². The normalized spacial score (nSPS) is 20.2. The maximum Gasteiger partial charge on any atom is 0.253 e. The topological polar surface area (TPSA) is 45.7 Å². The molecule has 1 spiro atoms. The molecule has 27 heavy (non-hydrogen) atoms. The Kier molecular flexibility index (Phi) is 4.93. The fraction of sp³-hybridized carbons (Fsp3) is 0.429. The van der Waals surface area contributed by atoms with Crippen molar-refractivity contribution >= 4 is 11.6 Å². The minimum absolute atomic E-state index is 0.0515. The van der Waals surface area contributed by atoms with Gasteiger partial charge in [0.1, 0.15) is 12.4 Å². The number of ether oxygens (including phenoxy) is 1. The minimum Gasteiger partial charge on any atom is -0.363 e. The number of anilines is 1. The number of nitrogens with zero attached hydrogens (tertiary/aromatic N) is 3. The molecule has 2 saturated heterocycles. The van der Waals surface area contributed by atoms with E-state index in [0.717, 1.165) is 43.9 Å². The molecule has 1 amide bonds. The second-order valence-electron chi connectivity index (χ2n) is 7.48. The molecule has 2 aliphatic rings. The first-order valence-corrected chi connectivity index (χ1v) is 9.38. The lowest BCUT2D eigenvalue weighted by Crippen LogP contribution is -2.58. The van der Waals surface area contributed by atoms with Crippen LogP contribution in [0.25, 0.3) is 0 Å². The van der Waals surface area contributed by atoms with Crippen LogP contribution in [0.15, 0.2) is 42.5 Å². The van der Waals surface area contributed by atoms with Crippen molar-refractivity contribution in [1.29, 1.82) is 0 Å². The van der Waals surface area contributed by atoms with Crippen LogP contribution >= 0.6 is 0 Å². The standard InChI is InChI=1S/C21H24FN3O2/c1-16-4-2-6-18(23-16)13-24-10-8-21(9-11-24)15-25(20(26)14-27-21)19-7-3-5-17(22)12-19/h2-7,12H,8-11,13-15H2,1H3.